The number of aryl methyl sites for hydroxylation is 1. The summed E-state index contributed by atoms with van der Waals surface area (Å²) in [5.74, 6) is 1.26. The van der Waals surface area contributed by atoms with Crippen LogP contribution in [-0.2, 0) is 4.79 Å². The first-order valence-electron chi connectivity index (χ1n) is 8.67. The topological polar surface area (TPSA) is 85.6 Å². The number of quaternary nitrogens is 1. The van der Waals surface area contributed by atoms with E-state index in [4.69, 9.17) is 8.83 Å². The fraction of sp³-hybridized carbons (Fsp3) is 0.316. The van der Waals surface area contributed by atoms with Gasteiger partial charge in [-0.1, -0.05) is 42.1 Å². The second-order valence-electron chi connectivity index (χ2n) is 6.40. The molecule has 0 aliphatic heterocycles. The molecule has 0 aliphatic carbocycles. The Labute approximate surface area is 162 Å². The molecule has 0 spiro atoms. The van der Waals surface area contributed by atoms with Crippen molar-refractivity contribution in [2.45, 2.75) is 18.2 Å². The van der Waals surface area contributed by atoms with Crippen molar-refractivity contribution >= 4 is 17.7 Å². The third-order valence-corrected chi connectivity index (χ3v) is 5.04. The van der Waals surface area contributed by atoms with E-state index in [0.717, 1.165) is 5.56 Å². The fourth-order valence-corrected chi connectivity index (χ4v) is 3.31. The fourth-order valence-electron chi connectivity index (χ4n) is 2.72. The van der Waals surface area contributed by atoms with Gasteiger partial charge in [0.15, 0.2) is 0 Å². The lowest BCUT2D eigenvalue weighted by molar-refractivity contribution is -0.890. The minimum absolute atomic E-state index is 0.0681. The number of benzene rings is 1. The summed E-state index contributed by atoms with van der Waals surface area (Å²) in [6, 6.07) is 12.1. The molecule has 0 unspecified atom stereocenters. The lowest BCUT2D eigenvalue weighted by Crippen LogP contribution is -3.07. The molecule has 142 valence electrons. The number of nitrogens with zero attached hydrogens (tertiary/aromatic N) is 2. The van der Waals surface area contributed by atoms with Gasteiger partial charge < -0.3 is 19.1 Å². The SMILES string of the molecule is Cc1occc1-c1nnc(SCC(=O)NC[C@H](c2ccccc2)[NH+](C)C)o1. The Morgan fingerprint density at radius 2 is 2.00 bits per heavy atom. The van der Waals surface area contributed by atoms with Gasteiger partial charge in [-0.15, -0.1) is 10.2 Å². The van der Waals surface area contributed by atoms with E-state index in [9.17, 15) is 4.79 Å². The molecule has 1 atom stereocenters. The molecule has 1 aromatic carbocycles. The molecule has 2 N–H and O–H groups in total. The predicted octanol–water partition coefficient (Wildman–Crippen LogP) is 1.73. The summed E-state index contributed by atoms with van der Waals surface area (Å²) in [6.07, 6.45) is 1.57. The number of rotatable bonds is 8. The van der Waals surface area contributed by atoms with E-state index >= 15 is 0 Å². The highest BCUT2D eigenvalue weighted by molar-refractivity contribution is 7.99. The molecule has 3 aromatic rings. The number of amides is 1. The van der Waals surface area contributed by atoms with Crippen molar-refractivity contribution in [3.63, 3.8) is 0 Å². The molecule has 0 aliphatic rings. The summed E-state index contributed by atoms with van der Waals surface area (Å²) in [6.45, 7) is 2.39. The Bertz CT molecular complexity index is 876. The number of hydrogen-bond acceptors (Lipinski definition) is 6. The number of likely N-dealkylation sites (N-methyl/N-ethyl adjacent to an activating group) is 1. The van der Waals surface area contributed by atoms with Gasteiger partial charge in [0.25, 0.3) is 11.1 Å². The predicted molar refractivity (Wildman–Crippen MR) is 102 cm³/mol. The van der Waals surface area contributed by atoms with Crippen molar-refractivity contribution in [1.82, 2.24) is 15.5 Å². The first-order chi connectivity index (χ1) is 13.0. The lowest BCUT2D eigenvalue weighted by Gasteiger charge is -2.22. The van der Waals surface area contributed by atoms with Crippen LogP contribution in [0.15, 0.2) is 56.7 Å². The molecule has 2 heterocycles. The molecule has 1 amide bonds. The van der Waals surface area contributed by atoms with Crippen LogP contribution in [0.1, 0.15) is 17.4 Å². The molecule has 0 saturated heterocycles. The zero-order chi connectivity index (χ0) is 19.2. The zero-order valence-corrected chi connectivity index (χ0v) is 16.4. The van der Waals surface area contributed by atoms with E-state index in [1.807, 2.05) is 25.1 Å². The van der Waals surface area contributed by atoms with Crippen molar-refractivity contribution in [3.8, 4) is 11.5 Å². The van der Waals surface area contributed by atoms with Crippen LogP contribution in [0.3, 0.4) is 0 Å². The van der Waals surface area contributed by atoms with Gasteiger partial charge in [-0.05, 0) is 13.0 Å². The van der Waals surface area contributed by atoms with Crippen LogP contribution in [-0.4, -0.2) is 42.5 Å². The monoisotopic (exact) mass is 387 g/mol. The first-order valence-corrected chi connectivity index (χ1v) is 9.65. The smallest absolute Gasteiger partial charge is 0.277 e. The summed E-state index contributed by atoms with van der Waals surface area (Å²) >= 11 is 1.22. The van der Waals surface area contributed by atoms with Gasteiger partial charge in [-0.2, -0.15) is 0 Å². The van der Waals surface area contributed by atoms with Gasteiger partial charge in [-0.25, -0.2) is 0 Å². The molecular weight excluding hydrogens is 364 g/mol. The van der Waals surface area contributed by atoms with Gasteiger partial charge in [0.2, 0.25) is 5.91 Å². The number of hydrogen-bond donors (Lipinski definition) is 2. The van der Waals surface area contributed by atoms with Gasteiger partial charge in [0.05, 0.1) is 38.2 Å². The second-order valence-corrected chi connectivity index (χ2v) is 7.32. The van der Waals surface area contributed by atoms with E-state index in [1.165, 1.54) is 22.2 Å². The van der Waals surface area contributed by atoms with Crippen molar-refractivity contribution in [3.05, 3.63) is 54.0 Å². The van der Waals surface area contributed by atoms with E-state index in [1.54, 1.807) is 12.3 Å². The first kappa shape index (κ1) is 19.2. The van der Waals surface area contributed by atoms with E-state index < -0.39 is 0 Å². The molecule has 0 saturated carbocycles. The average molecular weight is 387 g/mol. The van der Waals surface area contributed by atoms with Crippen LogP contribution in [0.4, 0.5) is 0 Å². The van der Waals surface area contributed by atoms with Gasteiger partial charge in [-0.3, -0.25) is 4.79 Å². The minimum atomic E-state index is -0.0681. The molecule has 7 nitrogen and oxygen atoms in total. The molecular formula is C19H23N4O3S+. The number of thioether (sulfide) groups is 1. The Balaban J connectivity index is 1.51. The summed E-state index contributed by atoms with van der Waals surface area (Å²) < 4.78 is 10.8. The van der Waals surface area contributed by atoms with Crippen molar-refractivity contribution < 1.29 is 18.5 Å². The molecule has 0 radical (unpaired) electrons. The van der Waals surface area contributed by atoms with Gasteiger partial charge in [0.1, 0.15) is 11.8 Å². The summed E-state index contributed by atoms with van der Waals surface area (Å²) in [4.78, 5) is 13.5. The Hall–Kier alpha value is -2.58. The highest BCUT2D eigenvalue weighted by Crippen LogP contribution is 2.26. The second kappa shape index (κ2) is 8.88. The number of aromatic nitrogens is 2. The van der Waals surface area contributed by atoms with E-state index in [0.29, 0.717) is 23.4 Å². The standard InChI is InChI=1S/C19H22N4O3S/c1-13-15(9-10-25-13)18-21-22-19(26-18)27-12-17(24)20-11-16(23(2)3)14-7-5-4-6-8-14/h4-10,16H,11-12H2,1-3H3,(H,20,24)/p+1/t16-/m1/s1. The van der Waals surface area contributed by atoms with Crippen LogP contribution in [0.25, 0.3) is 11.5 Å². The molecule has 0 bridgehead atoms. The van der Waals surface area contributed by atoms with E-state index in [-0.39, 0.29) is 17.7 Å². The van der Waals surface area contributed by atoms with Gasteiger partial charge >= 0.3 is 0 Å². The van der Waals surface area contributed by atoms with E-state index in [2.05, 4.69) is 41.7 Å². The molecule has 2 aromatic heterocycles. The maximum absolute atomic E-state index is 12.2. The van der Waals surface area contributed by atoms with Crippen LogP contribution in [0, 0.1) is 6.92 Å². The minimum Gasteiger partial charge on any atom is -0.469 e. The molecule has 0 fully saturated rings. The summed E-state index contributed by atoms with van der Waals surface area (Å²) in [5.41, 5.74) is 1.96. The van der Waals surface area contributed by atoms with Crippen LogP contribution in [0.2, 0.25) is 0 Å². The Morgan fingerprint density at radius 3 is 2.67 bits per heavy atom. The zero-order valence-electron chi connectivity index (χ0n) is 15.6. The van der Waals surface area contributed by atoms with Crippen molar-refractivity contribution in [2.75, 3.05) is 26.4 Å². The molecule has 8 heteroatoms. The maximum Gasteiger partial charge on any atom is 0.277 e. The van der Waals surface area contributed by atoms with Crippen LogP contribution < -0.4 is 10.2 Å². The van der Waals surface area contributed by atoms with Crippen LogP contribution >= 0.6 is 11.8 Å². The third-order valence-electron chi connectivity index (χ3n) is 4.22. The average Bonchev–Trinajstić information content (AvgIpc) is 3.29. The van der Waals surface area contributed by atoms with Gasteiger partial charge in [0, 0.05) is 5.56 Å². The Kier molecular flexibility index (Phi) is 6.31. The molecule has 3 rings (SSSR count). The number of carbonyl (C=O) groups is 1. The lowest BCUT2D eigenvalue weighted by atomic mass is 10.1. The summed E-state index contributed by atoms with van der Waals surface area (Å²) in [7, 11) is 4.16. The van der Waals surface area contributed by atoms with Crippen LogP contribution in [0.5, 0.6) is 0 Å². The highest BCUT2D eigenvalue weighted by Gasteiger charge is 2.19. The van der Waals surface area contributed by atoms with Crippen molar-refractivity contribution in [1.29, 1.82) is 0 Å². The number of nitrogens with one attached hydrogen (secondary N) is 2. The van der Waals surface area contributed by atoms with Crippen molar-refractivity contribution in [2.24, 2.45) is 0 Å². The maximum atomic E-state index is 12.2. The number of furan rings is 1. The highest BCUT2D eigenvalue weighted by atomic mass is 32.2. The molecule has 27 heavy (non-hydrogen) atoms. The number of carbonyl (C=O) groups excluding carboxylic acids is 1. The normalized spacial score (nSPS) is 12.3. The Morgan fingerprint density at radius 1 is 1.22 bits per heavy atom. The third kappa shape index (κ3) is 4.99. The quantitative estimate of drug-likeness (QED) is 0.573. The summed E-state index contributed by atoms with van der Waals surface area (Å²) in [5, 5.41) is 11.3. The largest absolute Gasteiger partial charge is 0.469 e.